The maximum atomic E-state index is 12.5. The summed E-state index contributed by atoms with van der Waals surface area (Å²) in [6.45, 7) is 1.67. The first kappa shape index (κ1) is 16.6. The van der Waals surface area contributed by atoms with E-state index in [0.717, 1.165) is 31.5 Å². The van der Waals surface area contributed by atoms with Gasteiger partial charge in [-0.25, -0.2) is 4.98 Å². The van der Waals surface area contributed by atoms with E-state index in [4.69, 9.17) is 21.8 Å². The molecule has 2 heterocycles. The molecule has 2 fully saturated rings. The normalized spacial score (nSPS) is 25.4. The van der Waals surface area contributed by atoms with Crippen molar-refractivity contribution in [2.24, 2.45) is 17.6 Å². The van der Waals surface area contributed by atoms with Crippen LogP contribution in [-0.2, 0) is 11.2 Å². The van der Waals surface area contributed by atoms with Crippen LogP contribution in [0, 0.1) is 11.8 Å². The second-order valence-electron chi connectivity index (χ2n) is 7.09. The van der Waals surface area contributed by atoms with Crippen LogP contribution in [0.5, 0.6) is 0 Å². The molecule has 0 spiro atoms. The van der Waals surface area contributed by atoms with Gasteiger partial charge in [-0.15, -0.1) is 0 Å². The van der Waals surface area contributed by atoms with Gasteiger partial charge in [0.15, 0.2) is 11.7 Å². The van der Waals surface area contributed by atoms with E-state index in [0.29, 0.717) is 41.4 Å². The smallest absolute Gasteiger partial charge is 0.223 e. The average molecular weight is 360 g/mol. The van der Waals surface area contributed by atoms with E-state index in [2.05, 4.69) is 4.98 Å². The van der Waals surface area contributed by atoms with Crippen LogP contribution in [0.1, 0.15) is 25.2 Å². The van der Waals surface area contributed by atoms with Crippen LogP contribution in [0.2, 0.25) is 5.02 Å². The lowest BCUT2D eigenvalue weighted by atomic mass is 9.98. The van der Waals surface area contributed by atoms with Gasteiger partial charge in [-0.3, -0.25) is 4.79 Å². The fraction of sp³-hybridized carbons (Fsp3) is 0.474. The van der Waals surface area contributed by atoms with E-state index in [9.17, 15) is 4.79 Å². The van der Waals surface area contributed by atoms with Crippen LogP contribution in [0.15, 0.2) is 34.9 Å². The fourth-order valence-corrected chi connectivity index (χ4v) is 4.18. The molecule has 3 unspecified atom stereocenters. The summed E-state index contributed by atoms with van der Waals surface area (Å²) >= 11 is 5.90. The number of rotatable bonds is 4. The predicted molar refractivity (Wildman–Crippen MR) is 96.0 cm³/mol. The van der Waals surface area contributed by atoms with Gasteiger partial charge in [-0.2, -0.15) is 0 Å². The Labute approximate surface area is 152 Å². The molecule has 6 heteroatoms. The molecule has 4 rings (SSSR count). The summed E-state index contributed by atoms with van der Waals surface area (Å²) in [5.74, 6) is 2.54. The third kappa shape index (κ3) is 3.44. The number of carbonyl (C=O) groups is 1. The van der Waals surface area contributed by atoms with E-state index >= 15 is 0 Å². The summed E-state index contributed by atoms with van der Waals surface area (Å²) in [5.41, 5.74) is 7.07. The summed E-state index contributed by atoms with van der Waals surface area (Å²) in [6, 6.07) is 7.68. The maximum absolute atomic E-state index is 12.5. The second-order valence-corrected chi connectivity index (χ2v) is 7.53. The lowest BCUT2D eigenvalue weighted by Gasteiger charge is -2.18. The van der Waals surface area contributed by atoms with Crippen molar-refractivity contribution in [3.63, 3.8) is 0 Å². The molecule has 5 nitrogen and oxygen atoms in total. The molecule has 1 saturated carbocycles. The number of hydrogen-bond acceptors (Lipinski definition) is 4. The summed E-state index contributed by atoms with van der Waals surface area (Å²) in [4.78, 5) is 18.7. The summed E-state index contributed by atoms with van der Waals surface area (Å²) in [5, 5.41) is 0.684. The van der Waals surface area contributed by atoms with Gasteiger partial charge in [0.25, 0.3) is 0 Å². The molecule has 3 atom stereocenters. The lowest BCUT2D eigenvalue weighted by Crippen LogP contribution is -2.33. The quantitative estimate of drug-likeness (QED) is 0.910. The van der Waals surface area contributed by atoms with Crippen LogP contribution < -0.4 is 5.73 Å². The number of aromatic nitrogens is 1. The zero-order valence-corrected chi connectivity index (χ0v) is 14.8. The molecule has 2 aliphatic rings. The Morgan fingerprint density at radius 2 is 2.08 bits per heavy atom. The molecule has 1 saturated heterocycles. The average Bonchev–Trinajstić information content (AvgIpc) is 3.31. The highest BCUT2D eigenvalue weighted by molar-refractivity contribution is 6.30. The van der Waals surface area contributed by atoms with Gasteiger partial charge in [-0.1, -0.05) is 11.6 Å². The number of aryl methyl sites for hydroxylation is 1. The number of benzene rings is 1. The van der Waals surface area contributed by atoms with Crippen molar-refractivity contribution in [1.29, 1.82) is 0 Å². The number of hydrogen-bond donors (Lipinski definition) is 1. The van der Waals surface area contributed by atoms with Crippen LogP contribution in [0.4, 0.5) is 0 Å². The number of carbonyl (C=O) groups excluding carboxylic acids is 1. The summed E-state index contributed by atoms with van der Waals surface area (Å²) < 4.78 is 5.77. The summed E-state index contributed by atoms with van der Waals surface area (Å²) in [6.07, 6.45) is 4.89. The predicted octanol–water partition coefficient (Wildman–Crippen LogP) is 3.12. The largest absolute Gasteiger partial charge is 0.441 e. The van der Waals surface area contributed by atoms with Crippen LogP contribution in [0.3, 0.4) is 0 Å². The number of amides is 1. The van der Waals surface area contributed by atoms with Crippen LogP contribution in [0.25, 0.3) is 11.3 Å². The van der Waals surface area contributed by atoms with Gasteiger partial charge in [-0.05, 0) is 48.9 Å². The molecule has 0 radical (unpaired) electrons. The van der Waals surface area contributed by atoms with E-state index in [1.165, 1.54) is 0 Å². The third-order valence-corrected chi connectivity index (χ3v) is 5.75. The molecule has 25 heavy (non-hydrogen) atoms. The highest BCUT2D eigenvalue weighted by Crippen LogP contribution is 2.37. The Morgan fingerprint density at radius 3 is 2.84 bits per heavy atom. The first-order chi connectivity index (χ1) is 12.1. The molecule has 1 aliphatic carbocycles. The minimum Gasteiger partial charge on any atom is -0.441 e. The molecule has 1 amide bonds. The van der Waals surface area contributed by atoms with Crippen LogP contribution in [-0.4, -0.2) is 34.9 Å². The van der Waals surface area contributed by atoms with Crippen LogP contribution >= 0.6 is 11.6 Å². The highest BCUT2D eigenvalue weighted by atomic mass is 35.5. The van der Waals surface area contributed by atoms with E-state index in [-0.39, 0.29) is 11.9 Å². The highest BCUT2D eigenvalue weighted by Gasteiger charge is 2.42. The van der Waals surface area contributed by atoms with E-state index < -0.39 is 0 Å². The third-order valence-electron chi connectivity index (χ3n) is 5.50. The molecule has 2 N–H and O–H groups in total. The molecule has 0 bridgehead atoms. The molecular weight excluding hydrogens is 338 g/mol. The Kier molecular flexibility index (Phi) is 4.52. The fourth-order valence-electron chi connectivity index (χ4n) is 4.06. The minimum absolute atomic E-state index is 0.174. The first-order valence-corrected chi connectivity index (χ1v) is 9.22. The summed E-state index contributed by atoms with van der Waals surface area (Å²) in [7, 11) is 0. The minimum atomic E-state index is 0.174. The molecular formula is C19H22ClN3O2. The van der Waals surface area contributed by atoms with Gasteiger partial charge in [0.2, 0.25) is 5.91 Å². The topological polar surface area (TPSA) is 72.4 Å². The van der Waals surface area contributed by atoms with Crippen molar-refractivity contribution < 1.29 is 9.21 Å². The van der Waals surface area contributed by atoms with Gasteiger partial charge in [0.1, 0.15) is 0 Å². The number of nitrogens with two attached hydrogens (primary N) is 1. The molecule has 1 aliphatic heterocycles. The molecule has 1 aromatic heterocycles. The zero-order valence-electron chi connectivity index (χ0n) is 14.0. The van der Waals surface area contributed by atoms with Crippen molar-refractivity contribution in [3.8, 4) is 11.3 Å². The zero-order chi connectivity index (χ0) is 17.4. The Morgan fingerprint density at radius 1 is 1.28 bits per heavy atom. The SMILES string of the molecule is NC1CCC2CN(C(=O)CCc3ncc(-c4ccc(Cl)cc4)o3)CC12. The standard InChI is InChI=1S/C19H22ClN3O2/c20-14-4-1-12(2-5-14)17-9-22-18(25-17)7-8-19(24)23-10-13-3-6-16(21)15(13)11-23/h1-2,4-5,9,13,15-16H,3,6-8,10-11,21H2. The number of halogens is 1. The van der Waals surface area contributed by atoms with Gasteiger partial charge < -0.3 is 15.1 Å². The number of nitrogens with zero attached hydrogens (tertiary/aromatic N) is 2. The first-order valence-electron chi connectivity index (χ1n) is 8.84. The van der Waals surface area contributed by atoms with E-state index in [1.807, 2.05) is 29.2 Å². The number of oxazole rings is 1. The Hall–Kier alpha value is -1.85. The van der Waals surface area contributed by atoms with Crippen molar-refractivity contribution >= 4 is 17.5 Å². The molecule has 2 aromatic rings. The maximum Gasteiger partial charge on any atom is 0.223 e. The molecule has 1 aromatic carbocycles. The van der Waals surface area contributed by atoms with Crippen molar-refractivity contribution in [2.75, 3.05) is 13.1 Å². The Bertz CT molecular complexity index is 758. The Balaban J connectivity index is 1.33. The number of likely N-dealkylation sites (tertiary alicyclic amines) is 1. The van der Waals surface area contributed by atoms with Gasteiger partial charge >= 0.3 is 0 Å². The number of fused-ring (bicyclic) bond motifs is 1. The monoisotopic (exact) mass is 359 g/mol. The van der Waals surface area contributed by atoms with E-state index in [1.54, 1.807) is 6.20 Å². The second kappa shape index (κ2) is 6.81. The van der Waals surface area contributed by atoms with Crippen molar-refractivity contribution in [2.45, 2.75) is 31.7 Å². The van der Waals surface area contributed by atoms with Crippen molar-refractivity contribution in [1.82, 2.24) is 9.88 Å². The molecule has 132 valence electrons. The van der Waals surface area contributed by atoms with Gasteiger partial charge in [0, 0.05) is 42.6 Å². The van der Waals surface area contributed by atoms with Crippen molar-refractivity contribution in [3.05, 3.63) is 41.4 Å². The lowest BCUT2D eigenvalue weighted by molar-refractivity contribution is -0.130. The van der Waals surface area contributed by atoms with Gasteiger partial charge in [0.05, 0.1) is 6.20 Å².